The Balaban J connectivity index is 1.68. The van der Waals surface area contributed by atoms with Gasteiger partial charge in [0.2, 0.25) is 0 Å². The Hall–Kier alpha value is -2.49. The number of carbonyl (C=O) groups is 1. The van der Waals surface area contributed by atoms with Crippen LogP contribution in [0, 0.1) is 6.92 Å². The van der Waals surface area contributed by atoms with Crippen LogP contribution in [0.3, 0.4) is 0 Å². The lowest BCUT2D eigenvalue weighted by atomic mass is 10.1. The van der Waals surface area contributed by atoms with E-state index >= 15 is 0 Å². The minimum Gasteiger partial charge on any atom is -0.496 e. The molecule has 4 nitrogen and oxygen atoms in total. The Morgan fingerprint density at radius 1 is 0.913 bits per heavy atom. The Labute approximate surface area is 137 Å². The fraction of sp³-hybridized carbons (Fsp3) is 0.316. The third-order valence-corrected chi connectivity index (χ3v) is 3.81. The minimum absolute atomic E-state index is 0.131. The Kier molecular flexibility index (Phi) is 6.48. The second-order valence-corrected chi connectivity index (χ2v) is 5.42. The number of rotatable bonds is 7. The van der Waals surface area contributed by atoms with Crippen molar-refractivity contribution in [2.24, 2.45) is 0 Å². The van der Waals surface area contributed by atoms with Crippen molar-refractivity contribution in [3.63, 3.8) is 0 Å². The highest BCUT2D eigenvalue weighted by Crippen LogP contribution is 2.17. The van der Waals surface area contributed by atoms with Gasteiger partial charge < -0.3 is 15.4 Å². The topological polar surface area (TPSA) is 50.4 Å². The fourth-order valence-electron chi connectivity index (χ4n) is 2.48. The number of nitrogens with one attached hydrogen (secondary N) is 2. The number of methoxy groups -OCH3 is 1. The van der Waals surface area contributed by atoms with E-state index in [2.05, 4.69) is 29.7 Å². The van der Waals surface area contributed by atoms with Crippen molar-refractivity contribution in [3.05, 3.63) is 65.2 Å². The number of aryl methyl sites for hydroxylation is 1. The van der Waals surface area contributed by atoms with Gasteiger partial charge in [0.1, 0.15) is 5.75 Å². The van der Waals surface area contributed by atoms with E-state index in [9.17, 15) is 4.79 Å². The van der Waals surface area contributed by atoms with E-state index in [1.807, 2.05) is 36.4 Å². The molecular weight excluding hydrogens is 288 g/mol. The van der Waals surface area contributed by atoms with E-state index in [0.717, 1.165) is 24.2 Å². The first-order valence-corrected chi connectivity index (χ1v) is 7.89. The van der Waals surface area contributed by atoms with Crippen LogP contribution in [0.1, 0.15) is 16.7 Å². The lowest BCUT2D eigenvalue weighted by Gasteiger charge is -2.10. The van der Waals surface area contributed by atoms with Crippen LogP contribution in [0.5, 0.6) is 5.75 Å². The zero-order chi connectivity index (χ0) is 16.5. The van der Waals surface area contributed by atoms with Gasteiger partial charge in [0, 0.05) is 13.1 Å². The summed E-state index contributed by atoms with van der Waals surface area (Å²) in [6.07, 6.45) is 1.59. The third-order valence-electron chi connectivity index (χ3n) is 3.81. The molecule has 0 spiro atoms. The van der Waals surface area contributed by atoms with E-state index in [1.54, 1.807) is 7.11 Å². The number of amides is 2. The first kappa shape index (κ1) is 16.9. The molecule has 0 aliphatic heterocycles. The summed E-state index contributed by atoms with van der Waals surface area (Å²) in [7, 11) is 1.66. The quantitative estimate of drug-likeness (QED) is 0.825. The smallest absolute Gasteiger partial charge is 0.314 e. The molecule has 0 unspecified atom stereocenters. The summed E-state index contributed by atoms with van der Waals surface area (Å²) >= 11 is 0. The van der Waals surface area contributed by atoms with Crippen molar-refractivity contribution >= 4 is 6.03 Å². The molecule has 0 saturated carbocycles. The normalized spacial score (nSPS) is 10.2. The van der Waals surface area contributed by atoms with Crippen molar-refractivity contribution in [2.75, 3.05) is 20.2 Å². The molecule has 0 aliphatic carbocycles. The maximum atomic E-state index is 11.8. The number of carbonyl (C=O) groups excluding carboxylic acids is 1. The number of ether oxygens (including phenoxy) is 1. The average molecular weight is 312 g/mol. The number of urea groups is 1. The summed E-state index contributed by atoms with van der Waals surface area (Å²) in [5.74, 6) is 0.856. The standard InChI is InChI=1S/C19H24N2O2/c1-15-7-3-4-8-16(15)11-13-20-19(22)21-14-12-17-9-5-6-10-18(17)23-2/h3-10H,11-14H2,1-2H3,(H2,20,21,22). The maximum absolute atomic E-state index is 11.8. The van der Waals surface area contributed by atoms with Gasteiger partial charge in [-0.3, -0.25) is 0 Å². The van der Waals surface area contributed by atoms with E-state index in [4.69, 9.17) is 4.74 Å². The molecule has 122 valence electrons. The van der Waals surface area contributed by atoms with E-state index in [1.165, 1.54) is 11.1 Å². The number of benzene rings is 2. The lowest BCUT2D eigenvalue weighted by molar-refractivity contribution is 0.241. The second kappa shape index (κ2) is 8.83. The largest absolute Gasteiger partial charge is 0.496 e. The lowest BCUT2D eigenvalue weighted by Crippen LogP contribution is -2.37. The van der Waals surface area contributed by atoms with Gasteiger partial charge in [-0.15, -0.1) is 0 Å². The Morgan fingerprint density at radius 3 is 2.13 bits per heavy atom. The molecule has 0 fully saturated rings. The zero-order valence-electron chi connectivity index (χ0n) is 13.8. The predicted octanol–water partition coefficient (Wildman–Crippen LogP) is 3.09. The molecule has 2 aromatic rings. The number of hydrogen-bond donors (Lipinski definition) is 2. The predicted molar refractivity (Wildman–Crippen MR) is 93.0 cm³/mol. The summed E-state index contributed by atoms with van der Waals surface area (Å²) < 4.78 is 5.30. The molecule has 2 N–H and O–H groups in total. The SMILES string of the molecule is COc1ccccc1CCNC(=O)NCCc1ccccc1C. The molecule has 23 heavy (non-hydrogen) atoms. The first-order valence-electron chi connectivity index (χ1n) is 7.89. The molecule has 4 heteroatoms. The molecular formula is C19H24N2O2. The molecule has 0 aromatic heterocycles. The summed E-state index contributed by atoms with van der Waals surface area (Å²) in [6, 6.07) is 15.9. The molecule has 2 rings (SSSR count). The fourth-order valence-corrected chi connectivity index (χ4v) is 2.48. The van der Waals surface area contributed by atoms with Gasteiger partial charge in [-0.05, 0) is 42.5 Å². The molecule has 2 amide bonds. The first-order chi connectivity index (χ1) is 11.2. The molecule has 2 aromatic carbocycles. The third kappa shape index (κ3) is 5.33. The van der Waals surface area contributed by atoms with Crippen LogP contribution in [0.15, 0.2) is 48.5 Å². The minimum atomic E-state index is -0.131. The highest BCUT2D eigenvalue weighted by atomic mass is 16.5. The molecule has 0 saturated heterocycles. The van der Waals surface area contributed by atoms with Crippen LogP contribution in [0.2, 0.25) is 0 Å². The van der Waals surface area contributed by atoms with Gasteiger partial charge in [0.25, 0.3) is 0 Å². The summed E-state index contributed by atoms with van der Waals surface area (Å²) in [5.41, 5.74) is 3.61. The van der Waals surface area contributed by atoms with Crippen molar-refractivity contribution in [2.45, 2.75) is 19.8 Å². The highest BCUT2D eigenvalue weighted by molar-refractivity contribution is 5.73. The maximum Gasteiger partial charge on any atom is 0.314 e. The summed E-state index contributed by atoms with van der Waals surface area (Å²) in [4.78, 5) is 11.8. The van der Waals surface area contributed by atoms with E-state index in [-0.39, 0.29) is 6.03 Å². The van der Waals surface area contributed by atoms with E-state index in [0.29, 0.717) is 13.1 Å². The zero-order valence-corrected chi connectivity index (χ0v) is 13.8. The van der Waals surface area contributed by atoms with Crippen LogP contribution in [-0.4, -0.2) is 26.2 Å². The molecule has 0 radical (unpaired) electrons. The summed E-state index contributed by atoms with van der Waals surface area (Å²) in [5, 5.41) is 5.77. The van der Waals surface area contributed by atoms with Crippen LogP contribution >= 0.6 is 0 Å². The van der Waals surface area contributed by atoms with Gasteiger partial charge >= 0.3 is 6.03 Å². The van der Waals surface area contributed by atoms with Crippen LogP contribution in [0.25, 0.3) is 0 Å². The van der Waals surface area contributed by atoms with Gasteiger partial charge in [-0.1, -0.05) is 42.5 Å². The number of hydrogen-bond acceptors (Lipinski definition) is 2. The second-order valence-electron chi connectivity index (χ2n) is 5.42. The molecule has 0 aliphatic rings. The van der Waals surface area contributed by atoms with Crippen LogP contribution in [0.4, 0.5) is 4.79 Å². The molecule has 0 heterocycles. The van der Waals surface area contributed by atoms with Gasteiger partial charge in [-0.25, -0.2) is 4.79 Å². The molecule has 0 atom stereocenters. The Morgan fingerprint density at radius 2 is 1.48 bits per heavy atom. The van der Waals surface area contributed by atoms with Crippen molar-refractivity contribution in [1.29, 1.82) is 0 Å². The Bertz CT molecular complexity index is 641. The average Bonchev–Trinajstić information content (AvgIpc) is 2.57. The number of para-hydroxylation sites is 1. The van der Waals surface area contributed by atoms with Crippen LogP contribution in [-0.2, 0) is 12.8 Å². The van der Waals surface area contributed by atoms with Gasteiger partial charge in [-0.2, -0.15) is 0 Å². The van der Waals surface area contributed by atoms with Crippen molar-refractivity contribution in [3.8, 4) is 5.75 Å². The van der Waals surface area contributed by atoms with Crippen molar-refractivity contribution in [1.82, 2.24) is 10.6 Å². The monoisotopic (exact) mass is 312 g/mol. The van der Waals surface area contributed by atoms with Gasteiger partial charge in [0.15, 0.2) is 0 Å². The summed E-state index contributed by atoms with van der Waals surface area (Å²) in [6.45, 7) is 3.30. The van der Waals surface area contributed by atoms with Crippen LogP contribution < -0.4 is 15.4 Å². The van der Waals surface area contributed by atoms with Gasteiger partial charge in [0.05, 0.1) is 7.11 Å². The van der Waals surface area contributed by atoms with E-state index < -0.39 is 0 Å². The van der Waals surface area contributed by atoms with Crippen molar-refractivity contribution < 1.29 is 9.53 Å². The molecule has 0 bridgehead atoms. The highest BCUT2D eigenvalue weighted by Gasteiger charge is 2.04.